The number of aliphatic hydroxyl groups is 1. The summed E-state index contributed by atoms with van der Waals surface area (Å²) >= 11 is 1.28. The zero-order valence-corrected chi connectivity index (χ0v) is 20.0. The third kappa shape index (κ3) is 5.57. The maximum absolute atomic E-state index is 13.1. The van der Waals surface area contributed by atoms with Crippen LogP contribution in [0, 0.1) is 0 Å². The number of methoxy groups -OCH3 is 1. The van der Waals surface area contributed by atoms with Crippen LogP contribution in [0.15, 0.2) is 53.6 Å². The molecule has 3 N–H and O–H groups in total. The molecular weight excluding hydrogens is 546 g/mol. The summed E-state index contributed by atoms with van der Waals surface area (Å²) in [6, 6.07) is 6.74. The molecule has 1 amide bonds. The third-order valence-electron chi connectivity index (χ3n) is 5.39. The summed E-state index contributed by atoms with van der Waals surface area (Å²) in [6.07, 6.45) is -12.4. The molecule has 0 spiro atoms. The lowest BCUT2D eigenvalue weighted by atomic mass is 9.92. The average Bonchev–Trinajstić information content (AvgIpc) is 3.22. The van der Waals surface area contributed by atoms with Crippen molar-refractivity contribution in [2.45, 2.75) is 29.3 Å². The Balaban J connectivity index is 1.89. The molecule has 38 heavy (non-hydrogen) atoms. The van der Waals surface area contributed by atoms with Gasteiger partial charge in [-0.05, 0) is 24.3 Å². The number of carboxylic acid groups (broad SMARTS) is 1. The number of anilines is 1. The van der Waals surface area contributed by atoms with E-state index in [0.717, 1.165) is 6.20 Å². The van der Waals surface area contributed by atoms with Gasteiger partial charge in [-0.1, -0.05) is 18.2 Å². The van der Waals surface area contributed by atoms with Crippen LogP contribution >= 0.6 is 11.8 Å². The first-order valence-electron chi connectivity index (χ1n) is 10.5. The maximum atomic E-state index is 13.1. The van der Waals surface area contributed by atoms with Gasteiger partial charge in [-0.3, -0.25) is 9.59 Å². The number of hydrogen-bond donors (Lipinski definition) is 3. The lowest BCUT2D eigenvalue weighted by Gasteiger charge is -2.32. The Labute approximate surface area is 214 Å². The Morgan fingerprint density at radius 2 is 1.61 bits per heavy atom. The molecule has 8 nitrogen and oxygen atoms in total. The summed E-state index contributed by atoms with van der Waals surface area (Å²) in [5.41, 5.74) is -7.27. The van der Waals surface area contributed by atoms with Gasteiger partial charge in [-0.25, -0.2) is 9.36 Å². The molecule has 0 aliphatic rings. The van der Waals surface area contributed by atoms with E-state index >= 15 is 0 Å². The van der Waals surface area contributed by atoms with Crippen molar-refractivity contribution < 1.29 is 55.7 Å². The van der Waals surface area contributed by atoms with Gasteiger partial charge in [0, 0.05) is 38.9 Å². The molecule has 0 fully saturated rings. The number of rotatable bonds is 7. The van der Waals surface area contributed by atoms with E-state index < -0.39 is 41.5 Å². The summed E-state index contributed by atoms with van der Waals surface area (Å²) in [7, 11) is 1.25. The highest BCUT2D eigenvalue weighted by Gasteiger charge is 2.71. The minimum Gasteiger partial charge on any atom is -0.469 e. The van der Waals surface area contributed by atoms with Crippen molar-refractivity contribution in [3.05, 3.63) is 59.9 Å². The van der Waals surface area contributed by atoms with Crippen LogP contribution in [0.4, 0.5) is 36.8 Å². The first-order chi connectivity index (χ1) is 17.6. The number of benzene rings is 2. The van der Waals surface area contributed by atoms with Crippen molar-refractivity contribution >= 4 is 46.2 Å². The molecule has 3 aromatic rings. The number of amides is 1. The lowest BCUT2D eigenvalue weighted by molar-refractivity contribution is -0.376. The van der Waals surface area contributed by atoms with Crippen LogP contribution in [-0.2, 0) is 15.1 Å². The number of ether oxygens (including phenoxy) is 1. The SMILES string of the molecule is COC(=O)CCSc1ccc2c(C(=O)Nc3ccc(C(O)(C(F)(F)F)C(F)(F)F)cc3)n(C(=O)O)cc2c1. The van der Waals surface area contributed by atoms with Gasteiger partial charge in [0.05, 0.1) is 13.5 Å². The van der Waals surface area contributed by atoms with Crippen molar-refractivity contribution in [3.63, 3.8) is 0 Å². The highest BCUT2D eigenvalue weighted by atomic mass is 32.2. The minimum atomic E-state index is -6.08. The maximum Gasteiger partial charge on any atom is 0.430 e. The van der Waals surface area contributed by atoms with E-state index in [-0.39, 0.29) is 23.2 Å². The molecule has 0 radical (unpaired) electrons. The second-order valence-corrected chi connectivity index (χ2v) is 8.96. The predicted octanol–water partition coefficient (Wildman–Crippen LogP) is 5.39. The van der Waals surface area contributed by atoms with Gasteiger partial charge >= 0.3 is 24.4 Å². The number of carbonyl (C=O) groups is 3. The number of fused-ring (bicyclic) bond motifs is 1. The van der Waals surface area contributed by atoms with E-state index in [2.05, 4.69) is 10.1 Å². The number of esters is 1. The Bertz CT molecular complexity index is 1350. The van der Waals surface area contributed by atoms with Gasteiger partial charge in [-0.2, -0.15) is 26.3 Å². The van der Waals surface area contributed by atoms with Gasteiger partial charge in [0.2, 0.25) is 0 Å². The van der Waals surface area contributed by atoms with Crippen molar-refractivity contribution in [1.82, 2.24) is 4.57 Å². The zero-order chi connectivity index (χ0) is 28.5. The Morgan fingerprint density at radius 3 is 2.13 bits per heavy atom. The molecular formula is C23H18F6N2O6S. The summed E-state index contributed by atoms with van der Waals surface area (Å²) in [5, 5.41) is 21.8. The lowest BCUT2D eigenvalue weighted by Crippen LogP contribution is -2.53. The molecule has 0 atom stereocenters. The number of aromatic nitrogens is 1. The number of hydrogen-bond acceptors (Lipinski definition) is 6. The van der Waals surface area contributed by atoms with E-state index in [9.17, 15) is 50.9 Å². The molecule has 1 aromatic heterocycles. The second kappa shape index (κ2) is 10.6. The summed E-state index contributed by atoms with van der Waals surface area (Å²) < 4.78 is 83.6. The van der Waals surface area contributed by atoms with E-state index in [1.54, 1.807) is 12.1 Å². The fourth-order valence-electron chi connectivity index (χ4n) is 3.50. The van der Waals surface area contributed by atoms with E-state index in [4.69, 9.17) is 0 Å². The van der Waals surface area contributed by atoms with E-state index in [1.807, 2.05) is 0 Å². The molecule has 2 aromatic carbocycles. The van der Waals surface area contributed by atoms with Crippen LogP contribution in [0.3, 0.4) is 0 Å². The number of nitrogens with zero attached hydrogens (tertiary/aromatic N) is 1. The molecule has 0 bridgehead atoms. The molecule has 0 saturated carbocycles. The molecule has 15 heteroatoms. The molecule has 0 unspecified atom stereocenters. The Kier molecular flexibility index (Phi) is 8.02. The summed E-state index contributed by atoms with van der Waals surface area (Å²) in [4.78, 5) is 36.6. The molecule has 0 aliphatic carbocycles. The molecule has 0 saturated heterocycles. The van der Waals surface area contributed by atoms with Gasteiger partial charge in [0.1, 0.15) is 5.69 Å². The van der Waals surface area contributed by atoms with Crippen molar-refractivity contribution in [3.8, 4) is 0 Å². The first kappa shape index (κ1) is 28.8. The van der Waals surface area contributed by atoms with Crippen LogP contribution in [0.25, 0.3) is 10.8 Å². The van der Waals surface area contributed by atoms with Crippen LogP contribution in [0.5, 0.6) is 0 Å². The quantitative estimate of drug-likeness (QED) is 0.200. The Morgan fingerprint density at radius 1 is 1.00 bits per heavy atom. The van der Waals surface area contributed by atoms with Crippen LogP contribution in [0.1, 0.15) is 22.5 Å². The fraction of sp³-hybridized carbons (Fsp3) is 0.261. The number of alkyl halides is 6. The highest BCUT2D eigenvalue weighted by Crippen LogP contribution is 2.50. The largest absolute Gasteiger partial charge is 0.469 e. The van der Waals surface area contributed by atoms with Crippen molar-refractivity contribution in [2.24, 2.45) is 0 Å². The number of halogens is 6. The first-order valence-corrected chi connectivity index (χ1v) is 11.4. The number of carbonyl (C=O) groups excluding carboxylic acids is 2. The van der Waals surface area contributed by atoms with Crippen LogP contribution < -0.4 is 5.32 Å². The Hall–Kier alpha value is -3.72. The zero-order valence-electron chi connectivity index (χ0n) is 19.2. The van der Waals surface area contributed by atoms with Crippen molar-refractivity contribution in [2.75, 3.05) is 18.2 Å². The van der Waals surface area contributed by atoms with Crippen molar-refractivity contribution in [1.29, 1.82) is 0 Å². The normalized spacial score (nSPS) is 12.4. The average molecular weight is 564 g/mol. The molecule has 204 valence electrons. The fourth-order valence-corrected chi connectivity index (χ4v) is 4.38. The number of nitrogens with one attached hydrogen (secondary N) is 1. The monoisotopic (exact) mass is 564 g/mol. The molecule has 0 aliphatic heterocycles. The molecule has 3 rings (SSSR count). The third-order valence-corrected chi connectivity index (χ3v) is 6.39. The van der Waals surface area contributed by atoms with Gasteiger partial charge < -0.3 is 20.3 Å². The van der Waals surface area contributed by atoms with E-state index in [0.29, 0.717) is 44.9 Å². The number of thioether (sulfide) groups is 1. The second-order valence-electron chi connectivity index (χ2n) is 7.79. The van der Waals surface area contributed by atoms with Gasteiger partial charge in [0.15, 0.2) is 0 Å². The standard InChI is InChI=1S/C23H18F6N2O6S/c1-37-17(32)8-9-38-15-6-7-16-12(10-15)11-31(20(34)35)18(16)19(33)30-14-4-2-13(3-5-14)21(36,22(24,25)26)23(27,28)29/h2-7,10-11,36H,8-9H2,1H3,(H,30,33)(H,34,35). The smallest absolute Gasteiger partial charge is 0.430 e. The van der Waals surface area contributed by atoms with Crippen LogP contribution in [0.2, 0.25) is 0 Å². The topological polar surface area (TPSA) is 118 Å². The van der Waals surface area contributed by atoms with Gasteiger partial charge in [0.25, 0.3) is 11.5 Å². The highest BCUT2D eigenvalue weighted by molar-refractivity contribution is 7.99. The summed E-state index contributed by atoms with van der Waals surface area (Å²) in [5.74, 6) is -1.05. The van der Waals surface area contributed by atoms with E-state index in [1.165, 1.54) is 24.9 Å². The predicted molar refractivity (Wildman–Crippen MR) is 123 cm³/mol. The van der Waals surface area contributed by atoms with Crippen LogP contribution in [-0.4, -0.2) is 58.0 Å². The molecule has 1 heterocycles. The summed E-state index contributed by atoms with van der Waals surface area (Å²) in [6.45, 7) is 0. The minimum absolute atomic E-state index is 0.130. The van der Waals surface area contributed by atoms with Gasteiger partial charge in [-0.15, -0.1) is 11.8 Å².